The molecule has 0 bridgehead atoms. The van der Waals surface area contributed by atoms with Crippen LogP contribution < -0.4 is 5.32 Å². The molecule has 3 heteroatoms. The highest BCUT2D eigenvalue weighted by Gasteiger charge is 2.18. The molecule has 0 radical (unpaired) electrons. The van der Waals surface area contributed by atoms with Crippen LogP contribution in [0.1, 0.15) is 31.2 Å². The van der Waals surface area contributed by atoms with Crippen molar-refractivity contribution in [2.24, 2.45) is 0 Å². The molecule has 2 aromatic rings. The van der Waals surface area contributed by atoms with Gasteiger partial charge < -0.3 is 10.2 Å². The molecule has 0 spiro atoms. The van der Waals surface area contributed by atoms with Crippen LogP contribution >= 0.6 is 0 Å². The van der Waals surface area contributed by atoms with E-state index in [2.05, 4.69) is 46.5 Å². The summed E-state index contributed by atoms with van der Waals surface area (Å²) in [5.41, 5.74) is 2.41. The maximum atomic E-state index is 4.51. The van der Waals surface area contributed by atoms with Gasteiger partial charge in [0.25, 0.3) is 0 Å². The lowest BCUT2D eigenvalue weighted by Crippen LogP contribution is -2.35. The predicted molar refractivity (Wildman–Crippen MR) is 88.3 cm³/mol. The molecule has 1 aromatic carbocycles. The van der Waals surface area contributed by atoms with Crippen molar-refractivity contribution in [2.75, 3.05) is 20.1 Å². The zero-order valence-corrected chi connectivity index (χ0v) is 12.9. The normalized spacial score (nSPS) is 16.1. The van der Waals surface area contributed by atoms with Crippen LogP contribution in [0.25, 0.3) is 10.9 Å². The van der Waals surface area contributed by atoms with Gasteiger partial charge in [-0.05, 0) is 31.5 Å². The molecule has 0 aliphatic heterocycles. The van der Waals surface area contributed by atoms with Crippen LogP contribution in [0.2, 0.25) is 0 Å². The summed E-state index contributed by atoms with van der Waals surface area (Å²) >= 11 is 0. The maximum absolute atomic E-state index is 4.51. The highest BCUT2D eigenvalue weighted by Crippen LogP contribution is 2.21. The van der Waals surface area contributed by atoms with Crippen LogP contribution in [0, 0.1) is 0 Å². The monoisotopic (exact) mass is 283 g/mol. The zero-order chi connectivity index (χ0) is 14.5. The molecule has 3 rings (SSSR count). The minimum atomic E-state index is 0.811. The second-order valence-corrected chi connectivity index (χ2v) is 6.09. The average molecular weight is 283 g/mol. The van der Waals surface area contributed by atoms with Gasteiger partial charge in [0.15, 0.2) is 0 Å². The van der Waals surface area contributed by atoms with E-state index in [4.69, 9.17) is 0 Å². The van der Waals surface area contributed by atoms with Crippen molar-refractivity contribution in [3.05, 3.63) is 42.1 Å². The zero-order valence-electron chi connectivity index (χ0n) is 12.9. The van der Waals surface area contributed by atoms with Gasteiger partial charge >= 0.3 is 0 Å². The number of aromatic nitrogens is 1. The van der Waals surface area contributed by atoms with E-state index in [0.29, 0.717) is 0 Å². The first-order valence-corrected chi connectivity index (χ1v) is 8.08. The molecule has 0 saturated heterocycles. The highest BCUT2D eigenvalue weighted by atomic mass is 15.1. The summed E-state index contributed by atoms with van der Waals surface area (Å²) in [6.07, 6.45) is 7.45. The van der Waals surface area contributed by atoms with Crippen molar-refractivity contribution in [3.63, 3.8) is 0 Å². The largest absolute Gasteiger partial charge is 0.311 e. The molecular weight excluding hydrogens is 258 g/mol. The third-order valence-corrected chi connectivity index (χ3v) is 4.62. The van der Waals surface area contributed by atoms with Crippen molar-refractivity contribution >= 4 is 10.9 Å². The minimum absolute atomic E-state index is 0.811. The van der Waals surface area contributed by atoms with E-state index >= 15 is 0 Å². The lowest BCUT2D eigenvalue weighted by atomic mass is 10.1. The Balaban J connectivity index is 1.50. The Labute approximate surface area is 127 Å². The Hall–Kier alpha value is -1.45. The molecule has 1 fully saturated rings. The number of para-hydroxylation sites is 1. The lowest BCUT2D eigenvalue weighted by Gasteiger charge is -2.24. The topological polar surface area (TPSA) is 28.2 Å². The Morgan fingerprint density at radius 3 is 2.86 bits per heavy atom. The Bertz CT molecular complexity index is 570. The summed E-state index contributed by atoms with van der Waals surface area (Å²) in [6.45, 7) is 3.06. The smallest absolute Gasteiger partial charge is 0.0746 e. The number of nitrogens with zero attached hydrogens (tertiary/aromatic N) is 2. The summed E-state index contributed by atoms with van der Waals surface area (Å²) in [6, 6.07) is 11.3. The number of fused-ring (bicyclic) bond motifs is 1. The first kappa shape index (κ1) is 14.5. The number of hydrogen-bond donors (Lipinski definition) is 1. The summed E-state index contributed by atoms with van der Waals surface area (Å²) < 4.78 is 0. The molecule has 3 nitrogen and oxygen atoms in total. The molecule has 0 amide bonds. The molecule has 21 heavy (non-hydrogen) atoms. The van der Waals surface area contributed by atoms with E-state index in [0.717, 1.165) is 31.2 Å². The van der Waals surface area contributed by atoms with Gasteiger partial charge in [-0.25, -0.2) is 0 Å². The van der Waals surface area contributed by atoms with Crippen LogP contribution in [0.3, 0.4) is 0 Å². The second-order valence-electron chi connectivity index (χ2n) is 6.09. The van der Waals surface area contributed by atoms with Crippen molar-refractivity contribution in [2.45, 2.75) is 38.3 Å². The van der Waals surface area contributed by atoms with E-state index in [1.807, 2.05) is 12.3 Å². The molecule has 112 valence electrons. The number of pyridine rings is 1. The summed E-state index contributed by atoms with van der Waals surface area (Å²) in [4.78, 5) is 7.02. The van der Waals surface area contributed by atoms with Crippen molar-refractivity contribution in [1.82, 2.24) is 15.2 Å². The molecular formula is C18H25N3. The fourth-order valence-corrected chi connectivity index (χ4v) is 3.32. The number of likely N-dealkylation sites (N-methyl/N-ethyl adjacent to an activating group) is 1. The molecule has 1 aliphatic carbocycles. The van der Waals surface area contributed by atoms with E-state index < -0.39 is 0 Å². The fourth-order valence-electron chi connectivity index (χ4n) is 3.32. The van der Waals surface area contributed by atoms with Crippen LogP contribution in [0.15, 0.2) is 36.5 Å². The molecule has 0 unspecified atom stereocenters. The molecule has 1 saturated carbocycles. The van der Waals surface area contributed by atoms with E-state index in [1.54, 1.807) is 0 Å². The van der Waals surface area contributed by atoms with Crippen LogP contribution in [0.4, 0.5) is 0 Å². The van der Waals surface area contributed by atoms with Gasteiger partial charge in [0.2, 0.25) is 0 Å². The number of benzene rings is 1. The van der Waals surface area contributed by atoms with Gasteiger partial charge in [0.1, 0.15) is 0 Å². The van der Waals surface area contributed by atoms with Crippen molar-refractivity contribution in [1.29, 1.82) is 0 Å². The van der Waals surface area contributed by atoms with Gasteiger partial charge in [-0.3, -0.25) is 4.98 Å². The predicted octanol–water partition coefficient (Wildman–Crippen LogP) is 3.20. The minimum Gasteiger partial charge on any atom is -0.311 e. The van der Waals surface area contributed by atoms with E-state index in [-0.39, 0.29) is 0 Å². The number of rotatable bonds is 6. The standard InChI is InChI=1S/C18H25N3/c1-21(17-9-2-3-10-17)13-12-19-14-16-7-4-6-15-8-5-11-20-18(15)16/h4-8,11,17,19H,2-3,9-10,12-14H2,1H3. The maximum Gasteiger partial charge on any atom is 0.0746 e. The van der Waals surface area contributed by atoms with Gasteiger partial charge in [0.05, 0.1) is 5.52 Å². The molecule has 1 aliphatic rings. The molecule has 1 heterocycles. The quantitative estimate of drug-likeness (QED) is 0.825. The third-order valence-electron chi connectivity index (χ3n) is 4.62. The molecule has 0 atom stereocenters. The van der Waals surface area contributed by atoms with Crippen molar-refractivity contribution in [3.8, 4) is 0 Å². The molecule has 1 N–H and O–H groups in total. The fraction of sp³-hybridized carbons (Fsp3) is 0.500. The van der Waals surface area contributed by atoms with Crippen molar-refractivity contribution < 1.29 is 0 Å². The number of hydrogen-bond acceptors (Lipinski definition) is 3. The van der Waals surface area contributed by atoms with Gasteiger partial charge in [-0.2, -0.15) is 0 Å². The summed E-state index contributed by atoms with van der Waals surface area (Å²) in [5, 5.41) is 4.79. The average Bonchev–Trinajstić information content (AvgIpc) is 3.06. The first-order valence-electron chi connectivity index (χ1n) is 8.08. The number of nitrogens with one attached hydrogen (secondary N) is 1. The van der Waals surface area contributed by atoms with E-state index in [9.17, 15) is 0 Å². The Morgan fingerprint density at radius 2 is 2.00 bits per heavy atom. The van der Waals surface area contributed by atoms with Crippen LogP contribution in [0.5, 0.6) is 0 Å². The van der Waals surface area contributed by atoms with Gasteiger partial charge in [-0.15, -0.1) is 0 Å². The van der Waals surface area contributed by atoms with Gasteiger partial charge in [0, 0.05) is 37.3 Å². The molecule has 1 aromatic heterocycles. The first-order chi connectivity index (χ1) is 10.3. The lowest BCUT2D eigenvalue weighted by molar-refractivity contribution is 0.245. The Morgan fingerprint density at radius 1 is 1.19 bits per heavy atom. The SMILES string of the molecule is CN(CCNCc1cccc2cccnc12)C1CCCC1. The second kappa shape index (κ2) is 7.01. The summed E-state index contributed by atoms with van der Waals surface area (Å²) in [5.74, 6) is 0. The van der Waals surface area contributed by atoms with Gasteiger partial charge in [-0.1, -0.05) is 37.1 Å². The highest BCUT2D eigenvalue weighted by molar-refractivity contribution is 5.81. The van der Waals surface area contributed by atoms with E-state index in [1.165, 1.54) is 36.6 Å². The Kier molecular flexibility index (Phi) is 4.84. The summed E-state index contributed by atoms with van der Waals surface area (Å²) in [7, 11) is 2.26. The third kappa shape index (κ3) is 3.60. The van der Waals surface area contributed by atoms with Crippen LogP contribution in [-0.4, -0.2) is 36.1 Å². The van der Waals surface area contributed by atoms with Crippen LogP contribution in [-0.2, 0) is 6.54 Å².